The Bertz CT molecular complexity index is 377. The number of nitrogens with zero attached hydrogens (tertiary/aromatic N) is 1. The fraction of sp³-hybridized carbons (Fsp3) is 0.500. The van der Waals surface area contributed by atoms with Gasteiger partial charge in [-0.25, -0.2) is 0 Å². The summed E-state index contributed by atoms with van der Waals surface area (Å²) in [5.41, 5.74) is 8.55. The average Bonchev–Trinajstić information content (AvgIpc) is 2.30. The van der Waals surface area contributed by atoms with Gasteiger partial charge in [0.1, 0.15) is 0 Å². The molecular formula is C16H26N2. The minimum absolute atomic E-state index is 0.143. The highest BCUT2D eigenvalue weighted by atomic mass is 15.2. The molecule has 0 saturated carbocycles. The van der Waals surface area contributed by atoms with Crippen molar-refractivity contribution in [1.29, 1.82) is 0 Å². The second-order valence-electron chi connectivity index (χ2n) is 5.65. The van der Waals surface area contributed by atoms with Crippen LogP contribution in [0.2, 0.25) is 0 Å². The summed E-state index contributed by atoms with van der Waals surface area (Å²) in [4.78, 5) is 2.43. The molecule has 1 aromatic carbocycles. The van der Waals surface area contributed by atoms with Gasteiger partial charge in [-0.05, 0) is 44.9 Å². The first-order valence-electron chi connectivity index (χ1n) is 6.62. The molecule has 1 aromatic rings. The SMILES string of the molecule is C=CCN(Cc1ccccc1CCN)C(C)(C)C. The van der Waals surface area contributed by atoms with Gasteiger partial charge in [-0.1, -0.05) is 30.3 Å². The van der Waals surface area contributed by atoms with Crippen LogP contribution in [0, 0.1) is 0 Å². The zero-order valence-electron chi connectivity index (χ0n) is 11.9. The maximum absolute atomic E-state index is 5.67. The van der Waals surface area contributed by atoms with Crippen molar-refractivity contribution in [3.05, 3.63) is 48.0 Å². The number of hydrogen-bond acceptors (Lipinski definition) is 2. The molecule has 0 radical (unpaired) electrons. The van der Waals surface area contributed by atoms with Gasteiger partial charge < -0.3 is 5.73 Å². The van der Waals surface area contributed by atoms with Gasteiger partial charge in [-0.3, -0.25) is 4.90 Å². The first-order chi connectivity index (χ1) is 8.49. The quantitative estimate of drug-likeness (QED) is 0.782. The minimum Gasteiger partial charge on any atom is -0.330 e. The summed E-state index contributed by atoms with van der Waals surface area (Å²) in [7, 11) is 0. The third-order valence-corrected chi connectivity index (χ3v) is 3.19. The molecule has 0 aliphatic rings. The number of nitrogens with two attached hydrogens (primary N) is 1. The number of hydrogen-bond donors (Lipinski definition) is 1. The molecule has 2 heteroatoms. The van der Waals surface area contributed by atoms with Crippen molar-refractivity contribution in [2.75, 3.05) is 13.1 Å². The van der Waals surface area contributed by atoms with E-state index >= 15 is 0 Å². The lowest BCUT2D eigenvalue weighted by Crippen LogP contribution is -2.41. The molecule has 100 valence electrons. The maximum atomic E-state index is 5.67. The van der Waals surface area contributed by atoms with E-state index in [0.29, 0.717) is 6.54 Å². The van der Waals surface area contributed by atoms with Crippen LogP contribution in [0.3, 0.4) is 0 Å². The van der Waals surface area contributed by atoms with Gasteiger partial charge >= 0.3 is 0 Å². The maximum Gasteiger partial charge on any atom is 0.0244 e. The van der Waals surface area contributed by atoms with Crippen LogP contribution in [0.5, 0.6) is 0 Å². The van der Waals surface area contributed by atoms with Crippen LogP contribution in [0.4, 0.5) is 0 Å². The standard InChI is InChI=1S/C16H26N2/c1-5-12-18(16(2,3)4)13-15-9-7-6-8-14(15)10-11-17/h5-9H,1,10-13,17H2,2-4H3. The van der Waals surface area contributed by atoms with Crippen molar-refractivity contribution in [1.82, 2.24) is 4.90 Å². The van der Waals surface area contributed by atoms with Crippen molar-refractivity contribution >= 4 is 0 Å². The Morgan fingerprint density at radius 3 is 2.33 bits per heavy atom. The van der Waals surface area contributed by atoms with E-state index in [1.807, 2.05) is 6.08 Å². The van der Waals surface area contributed by atoms with Gasteiger partial charge in [-0.15, -0.1) is 6.58 Å². The van der Waals surface area contributed by atoms with Crippen LogP contribution in [0.15, 0.2) is 36.9 Å². The molecule has 18 heavy (non-hydrogen) atoms. The lowest BCUT2D eigenvalue weighted by Gasteiger charge is -2.35. The van der Waals surface area contributed by atoms with E-state index in [1.54, 1.807) is 0 Å². The lowest BCUT2D eigenvalue weighted by molar-refractivity contribution is 0.145. The van der Waals surface area contributed by atoms with Gasteiger partial charge in [-0.2, -0.15) is 0 Å². The van der Waals surface area contributed by atoms with E-state index in [1.165, 1.54) is 11.1 Å². The fourth-order valence-electron chi connectivity index (χ4n) is 2.05. The molecule has 2 nitrogen and oxygen atoms in total. The third-order valence-electron chi connectivity index (χ3n) is 3.19. The van der Waals surface area contributed by atoms with Crippen molar-refractivity contribution in [3.63, 3.8) is 0 Å². The molecule has 0 aliphatic heterocycles. The van der Waals surface area contributed by atoms with Crippen molar-refractivity contribution in [2.24, 2.45) is 5.73 Å². The zero-order valence-corrected chi connectivity index (χ0v) is 11.9. The molecule has 0 atom stereocenters. The van der Waals surface area contributed by atoms with Crippen LogP contribution >= 0.6 is 0 Å². The topological polar surface area (TPSA) is 29.3 Å². The molecule has 0 spiro atoms. The van der Waals surface area contributed by atoms with Crippen LogP contribution in [-0.4, -0.2) is 23.5 Å². The van der Waals surface area contributed by atoms with E-state index < -0.39 is 0 Å². The summed E-state index contributed by atoms with van der Waals surface area (Å²) in [6.45, 7) is 13.1. The largest absolute Gasteiger partial charge is 0.330 e. The summed E-state index contributed by atoms with van der Waals surface area (Å²) in [6, 6.07) is 8.57. The Morgan fingerprint density at radius 2 is 1.83 bits per heavy atom. The second kappa shape index (κ2) is 6.72. The Kier molecular flexibility index (Phi) is 5.57. The van der Waals surface area contributed by atoms with E-state index in [0.717, 1.165) is 19.5 Å². The van der Waals surface area contributed by atoms with Gasteiger partial charge in [0.25, 0.3) is 0 Å². The predicted octanol–water partition coefficient (Wildman–Crippen LogP) is 2.97. The molecule has 0 saturated heterocycles. The number of benzene rings is 1. The van der Waals surface area contributed by atoms with E-state index in [9.17, 15) is 0 Å². The molecule has 0 amide bonds. The average molecular weight is 246 g/mol. The minimum atomic E-state index is 0.143. The number of rotatable bonds is 6. The summed E-state index contributed by atoms with van der Waals surface area (Å²) >= 11 is 0. The second-order valence-corrected chi connectivity index (χ2v) is 5.65. The molecule has 0 heterocycles. The third kappa shape index (κ3) is 4.28. The van der Waals surface area contributed by atoms with E-state index in [-0.39, 0.29) is 5.54 Å². The first-order valence-corrected chi connectivity index (χ1v) is 6.62. The van der Waals surface area contributed by atoms with Crippen LogP contribution in [0.25, 0.3) is 0 Å². The summed E-state index contributed by atoms with van der Waals surface area (Å²) < 4.78 is 0. The normalized spacial score (nSPS) is 11.8. The van der Waals surface area contributed by atoms with E-state index in [4.69, 9.17) is 5.73 Å². The highest BCUT2D eigenvalue weighted by Crippen LogP contribution is 2.19. The highest BCUT2D eigenvalue weighted by molar-refractivity contribution is 5.27. The molecule has 0 unspecified atom stereocenters. The van der Waals surface area contributed by atoms with Crippen LogP contribution in [0.1, 0.15) is 31.9 Å². The molecule has 0 aromatic heterocycles. The van der Waals surface area contributed by atoms with Crippen molar-refractivity contribution < 1.29 is 0 Å². The van der Waals surface area contributed by atoms with Gasteiger partial charge in [0.05, 0.1) is 0 Å². The Labute approximate surface area is 111 Å². The first kappa shape index (κ1) is 14.9. The Morgan fingerprint density at radius 1 is 1.22 bits per heavy atom. The van der Waals surface area contributed by atoms with Gasteiger partial charge in [0, 0.05) is 18.6 Å². The molecule has 2 N–H and O–H groups in total. The Hall–Kier alpha value is -1.12. The van der Waals surface area contributed by atoms with Crippen LogP contribution < -0.4 is 5.73 Å². The Balaban J connectivity index is 2.89. The highest BCUT2D eigenvalue weighted by Gasteiger charge is 2.20. The molecule has 0 bridgehead atoms. The summed E-state index contributed by atoms with van der Waals surface area (Å²) in [5, 5.41) is 0. The predicted molar refractivity (Wildman–Crippen MR) is 79.6 cm³/mol. The van der Waals surface area contributed by atoms with Crippen molar-refractivity contribution in [2.45, 2.75) is 39.3 Å². The van der Waals surface area contributed by atoms with E-state index in [2.05, 4.69) is 56.5 Å². The molecular weight excluding hydrogens is 220 g/mol. The summed E-state index contributed by atoms with van der Waals surface area (Å²) in [5.74, 6) is 0. The van der Waals surface area contributed by atoms with Crippen LogP contribution in [-0.2, 0) is 13.0 Å². The van der Waals surface area contributed by atoms with Gasteiger partial charge in [0.2, 0.25) is 0 Å². The lowest BCUT2D eigenvalue weighted by atomic mass is 10.0. The monoisotopic (exact) mass is 246 g/mol. The molecule has 0 aliphatic carbocycles. The molecule has 0 fully saturated rings. The fourth-order valence-corrected chi connectivity index (χ4v) is 2.05. The smallest absolute Gasteiger partial charge is 0.0244 e. The zero-order chi connectivity index (χ0) is 13.6. The summed E-state index contributed by atoms with van der Waals surface area (Å²) in [6.07, 6.45) is 2.92. The van der Waals surface area contributed by atoms with Gasteiger partial charge in [0.15, 0.2) is 0 Å². The molecule has 1 rings (SSSR count). The van der Waals surface area contributed by atoms with Crippen molar-refractivity contribution in [3.8, 4) is 0 Å².